The highest BCUT2D eigenvalue weighted by molar-refractivity contribution is 6.15. The number of rotatable bonds is 6. The van der Waals surface area contributed by atoms with Crippen LogP contribution in [0.2, 0.25) is 0 Å². The Balaban J connectivity index is 1.88. The molecule has 0 bridgehead atoms. The van der Waals surface area contributed by atoms with Gasteiger partial charge < -0.3 is 15.1 Å². The predicted octanol–water partition coefficient (Wildman–Crippen LogP) is 1.25. The largest absolute Gasteiger partial charge is 0.342 e. The Labute approximate surface area is 204 Å². The van der Waals surface area contributed by atoms with Gasteiger partial charge in [0.1, 0.15) is 0 Å². The average molecular weight is 469 g/mol. The van der Waals surface area contributed by atoms with E-state index in [2.05, 4.69) is 16.2 Å². The minimum atomic E-state index is -0.292. The molecule has 1 fully saturated rings. The summed E-state index contributed by atoms with van der Waals surface area (Å²) < 4.78 is 0. The number of nitrogens with one attached hydrogen (secondary N) is 2. The first-order valence-corrected chi connectivity index (χ1v) is 11.1. The van der Waals surface area contributed by atoms with E-state index in [-0.39, 0.29) is 43.8 Å². The molecule has 0 aliphatic carbocycles. The van der Waals surface area contributed by atoms with Crippen molar-refractivity contribution < 1.29 is 19.3 Å². The van der Waals surface area contributed by atoms with E-state index >= 15 is 0 Å². The molecule has 8 heteroatoms. The van der Waals surface area contributed by atoms with E-state index in [1.54, 1.807) is 65.6 Å². The van der Waals surface area contributed by atoms with Crippen LogP contribution in [-0.2, 0) is 14.4 Å². The summed E-state index contributed by atoms with van der Waals surface area (Å²) >= 11 is 0. The van der Waals surface area contributed by atoms with Gasteiger partial charge in [-0.3, -0.25) is 14.4 Å². The van der Waals surface area contributed by atoms with Gasteiger partial charge >= 0.3 is 0 Å². The molecule has 2 aromatic carbocycles. The zero-order valence-corrected chi connectivity index (χ0v) is 19.7. The number of amides is 2. The number of carbonyl (C=O) groups excluding carboxylic acids is 3. The van der Waals surface area contributed by atoms with Gasteiger partial charge in [0, 0.05) is 24.2 Å². The number of likely N-dealkylation sites (tertiary alicyclic amines) is 1. The molecule has 0 unspecified atom stereocenters. The molecule has 2 amide bonds. The molecule has 3 rings (SSSR count). The topological polar surface area (TPSA) is 99.1 Å². The molecule has 0 aromatic heterocycles. The van der Waals surface area contributed by atoms with Gasteiger partial charge in [0.15, 0.2) is 18.0 Å². The summed E-state index contributed by atoms with van der Waals surface area (Å²) in [6, 6.07) is 15.7. The number of likely N-dealkylation sites (N-methyl/N-ethyl adjacent to an activating group) is 1. The lowest BCUT2D eigenvalue weighted by Gasteiger charge is -2.30. The van der Waals surface area contributed by atoms with E-state index < -0.39 is 0 Å². The smallest absolute Gasteiger partial charge is 0.275 e. The second-order valence-corrected chi connectivity index (χ2v) is 8.52. The predicted molar refractivity (Wildman–Crippen MR) is 132 cm³/mol. The maximum atomic E-state index is 13.3. The molecule has 35 heavy (non-hydrogen) atoms. The van der Waals surface area contributed by atoms with Crippen LogP contribution in [0, 0.1) is 17.9 Å². The van der Waals surface area contributed by atoms with Crippen molar-refractivity contribution in [3.05, 3.63) is 87.8 Å². The van der Waals surface area contributed by atoms with Crippen molar-refractivity contribution in [2.75, 3.05) is 40.3 Å². The van der Waals surface area contributed by atoms with Crippen LogP contribution in [0.3, 0.4) is 0 Å². The highest BCUT2D eigenvalue weighted by atomic mass is 16.2. The Morgan fingerprint density at radius 1 is 1.06 bits per heavy atom. The first-order chi connectivity index (χ1) is 16.8. The standard InChI is InChI=1S/C27H25N5O3/c1-29-24-10-8-20(9-11-24)13-23-17-32(26(34)15-30-25(33)18-31(2)3)16-22(27(23)35)12-19-4-6-21(14-28)7-5-19/h4-13H,15-18H2,2-3H3,(H,30,33)/p+1/b22-12+,23-13+. The summed E-state index contributed by atoms with van der Waals surface area (Å²) in [5.74, 6) is -0.692. The molecule has 2 N–H and O–H groups in total. The molecule has 0 spiro atoms. The quantitative estimate of drug-likeness (QED) is 0.492. The molecular weight excluding hydrogens is 442 g/mol. The lowest BCUT2D eigenvalue weighted by atomic mass is 9.94. The van der Waals surface area contributed by atoms with E-state index in [1.807, 2.05) is 14.1 Å². The summed E-state index contributed by atoms with van der Waals surface area (Å²) in [6.07, 6.45) is 3.43. The van der Waals surface area contributed by atoms with Gasteiger partial charge in [-0.05, 0) is 35.4 Å². The normalized spacial score (nSPS) is 15.7. The number of nitriles is 1. The minimum Gasteiger partial charge on any atom is -0.342 e. The van der Waals surface area contributed by atoms with Crippen molar-refractivity contribution in [2.24, 2.45) is 0 Å². The maximum absolute atomic E-state index is 13.3. The van der Waals surface area contributed by atoms with Crippen LogP contribution in [0.15, 0.2) is 59.7 Å². The van der Waals surface area contributed by atoms with Gasteiger partial charge in [-0.1, -0.05) is 36.4 Å². The highest BCUT2D eigenvalue weighted by Crippen LogP contribution is 2.23. The fourth-order valence-electron chi connectivity index (χ4n) is 3.59. The Morgan fingerprint density at radius 3 is 2.09 bits per heavy atom. The molecule has 8 nitrogen and oxygen atoms in total. The van der Waals surface area contributed by atoms with Crippen LogP contribution >= 0.6 is 0 Å². The molecular formula is C27H26N5O3+. The molecule has 1 aliphatic rings. The average Bonchev–Trinajstić information content (AvgIpc) is 2.85. The number of piperidine rings is 1. The Morgan fingerprint density at radius 2 is 1.60 bits per heavy atom. The molecule has 0 saturated carbocycles. The van der Waals surface area contributed by atoms with Crippen LogP contribution in [0.4, 0.5) is 5.69 Å². The number of hydrogen-bond acceptors (Lipinski definition) is 4. The third-order valence-electron chi connectivity index (χ3n) is 5.35. The van der Waals surface area contributed by atoms with Crippen molar-refractivity contribution >= 4 is 35.4 Å². The number of nitrogens with zero attached hydrogens (tertiary/aromatic N) is 3. The lowest BCUT2D eigenvalue weighted by molar-refractivity contribution is -0.849. The zero-order valence-electron chi connectivity index (χ0n) is 19.7. The second kappa shape index (κ2) is 11.6. The fraction of sp³-hybridized carbons (Fsp3) is 0.222. The van der Waals surface area contributed by atoms with Crippen LogP contribution in [0.25, 0.3) is 17.0 Å². The molecule has 1 saturated heterocycles. The van der Waals surface area contributed by atoms with Crippen molar-refractivity contribution in [1.82, 2.24) is 10.2 Å². The van der Waals surface area contributed by atoms with Crippen LogP contribution in [0.5, 0.6) is 0 Å². The van der Waals surface area contributed by atoms with Gasteiger partial charge in [0.05, 0.1) is 38.8 Å². The molecule has 1 heterocycles. The van der Waals surface area contributed by atoms with Gasteiger partial charge in [0.25, 0.3) is 5.91 Å². The number of quaternary nitrogens is 1. The number of benzene rings is 2. The number of ketones is 1. The second-order valence-electron chi connectivity index (χ2n) is 8.52. The Bertz CT molecular complexity index is 1180. The number of carbonyl (C=O) groups is 3. The SMILES string of the molecule is [C-]#[N+]c1ccc(/C=C2\CN(C(=O)CNC(=O)C[NH+](C)C)C/C(=C\c3ccc(C#N)cc3)C2=O)cc1. The van der Waals surface area contributed by atoms with Gasteiger partial charge in [0.2, 0.25) is 5.91 Å². The summed E-state index contributed by atoms with van der Waals surface area (Å²) in [5.41, 5.74) is 3.36. The van der Waals surface area contributed by atoms with Crippen LogP contribution in [-0.4, -0.2) is 62.8 Å². The number of Topliss-reactive ketones (excluding diaryl/α,β-unsaturated/α-hetero) is 1. The van der Waals surface area contributed by atoms with E-state index in [0.29, 0.717) is 22.4 Å². The van der Waals surface area contributed by atoms with E-state index in [9.17, 15) is 14.4 Å². The zero-order chi connectivity index (χ0) is 25.4. The van der Waals surface area contributed by atoms with Crippen LogP contribution < -0.4 is 10.2 Å². The minimum absolute atomic E-state index is 0.112. The van der Waals surface area contributed by atoms with Crippen molar-refractivity contribution in [3.8, 4) is 6.07 Å². The Hall–Kier alpha value is -4.53. The molecule has 0 atom stereocenters. The van der Waals surface area contributed by atoms with E-state index in [0.717, 1.165) is 16.0 Å². The number of hydrogen-bond donors (Lipinski definition) is 2. The highest BCUT2D eigenvalue weighted by Gasteiger charge is 2.29. The van der Waals surface area contributed by atoms with Crippen LogP contribution in [0.1, 0.15) is 16.7 Å². The first kappa shape index (κ1) is 25.1. The third kappa shape index (κ3) is 6.97. The molecule has 2 aromatic rings. The monoisotopic (exact) mass is 468 g/mol. The van der Waals surface area contributed by atoms with Crippen molar-refractivity contribution in [1.29, 1.82) is 5.26 Å². The lowest BCUT2D eigenvalue weighted by Crippen LogP contribution is -3.07. The van der Waals surface area contributed by atoms with Gasteiger partial charge in [-0.2, -0.15) is 5.26 Å². The summed E-state index contributed by atoms with van der Waals surface area (Å²) in [4.78, 5) is 44.1. The first-order valence-electron chi connectivity index (χ1n) is 11.1. The van der Waals surface area contributed by atoms with Crippen molar-refractivity contribution in [2.45, 2.75) is 0 Å². The molecule has 1 aliphatic heterocycles. The summed E-state index contributed by atoms with van der Waals surface area (Å²) in [7, 11) is 3.69. The molecule has 176 valence electrons. The van der Waals surface area contributed by atoms with Crippen molar-refractivity contribution in [3.63, 3.8) is 0 Å². The van der Waals surface area contributed by atoms with E-state index in [1.165, 1.54) is 0 Å². The third-order valence-corrected chi connectivity index (χ3v) is 5.35. The maximum Gasteiger partial charge on any atom is 0.275 e. The van der Waals surface area contributed by atoms with Gasteiger partial charge in [-0.15, -0.1) is 0 Å². The van der Waals surface area contributed by atoms with E-state index in [4.69, 9.17) is 11.8 Å². The van der Waals surface area contributed by atoms with Gasteiger partial charge in [-0.25, -0.2) is 4.85 Å². The fourth-order valence-corrected chi connectivity index (χ4v) is 3.59. The summed E-state index contributed by atoms with van der Waals surface area (Å²) in [6.45, 7) is 7.41. The Kier molecular flexibility index (Phi) is 8.29. The molecule has 0 radical (unpaired) electrons. The summed E-state index contributed by atoms with van der Waals surface area (Å²) in [5, 5.41) is 11.7.